The van der Waals surface area contributed by atoms with E-state index in [4.69, 9.17) is 0 Å². The molecule has 2 rings (SSSR count). The molecule has 7 heteroatoms. The molecule has 0 saturated heterocycles. The first-order chi connectivity index (χ1) is 12.3. The molecule has 146 valence electrons. The van der Waals surface area contributed by atoms with Crippen LogP contribution < -0.4 is 16.0 Å². The van der Waals surface area contributed by atoms with Crippen molar-refractivity contribution in [3.63, 3.8) is 0 Å². The number of nitrogens with one attached hydrogen (secondary N) is 3. The third-order valence-corrected chi connectivity index (χ3v) is 4.66. The highest BCUT2D eigenvalue weighted by Gasteiger charge is 2.13. The van der Waals surface area contributed by atoms with Crippen LogP contribution in [0.4, 0.5) is 0 Å². The zero-order valence-corrected chi connectivity index (χ0v) is 18.0. The molecule has 1 amide bonds. The molecule has 1 aromatic heterocycles. The second kappa shape index (κ2) is 13.8. The highest BCUT2D eigenvalue weighted by atomic mass is 127. The lowest BCUT2D eigenvalue weighted by Crippen LogP contribution is -2.41. The number of carbonyl (C=O) groups excluding carboxylic acids is 1. The summed E-state index contributed by atoms with van der Waals surface area (Å²) in [6, 6.07) is 3.51. The number of aromatic nitrogens is 1. The first-order valence-corrected chi connectivity index (χ1v) is 9.42. The number of aliphatic imine (C=N–C) groups is 1. The van der Waals surface area contributed by atoms with Crippen LogP contribution in [-0.4, -0.2) is 43.5 Å². The number of halogens is 1. The minimum absolute atomic E-state index is 0. The van der Waals surface area contributed by atoms with Gasteiger partial charge in [0.25, 0.3) is 5.91 Å². The molecule has 0 bridgehead atoms. The van der Waals surface area contributed by atoms with E-state index in [1.54, 1.807) is 31.6 Å². The molecule has 0 aromatic carbocycles. The van der Waals surface area contributed by atoms with Gasteiger partial charge in [-0.3, -0.25) is 14.8 Å². The Hall–Kier alpha value is -1.38. The number of nitrogens with zero attached hydrogens (tertiary/aromatic N) is 2. The fourth-order valence-electron chi connectivity index (χ4n) is 3.24. The van der Waals surface area contributed by atoms with Gasteiger partial charge in [0, 0.05) is 39.1 Å². The first-order valence-electron chi connectivity index (χ1n) is 9.42. The Balaban J connectivity index is 0.00000338. The number of amides is 1. The minimum Gasteiger partial charge on any atom is -0.356 e. The van der Waals surface area contributed by atoms with Crippen molar-refractivity contribution in [2.24, 2.45) is 10.9 Å². The number of unbranched alkanes of at least 4 members (excludes halogenated alkanes) is 1. The summed E-state index contributed by atoms with van der Waals surface area (Å²) < 4.78 is 0. The fraction of sp³-hybridized carbons (Fsp3) is 0.632. The minimum atomic E-state index is -0.107. The van der Waals surface area contributed by atoms with Crippen LogP contribution in [-0.2, 0) is 0 Å². The van der Waals surface area contributed by atoms with E-state index >= 15 is 0 Å². The molecular weight excluding hydrogens is 441 g/mol. The van der Waals surface area contributed by atoms with Crippen LogP contribution in [0.25, 0.3) is 0 Å². The molecule has 3 N–H and O–H groups in total. The van der Waals surface area contributed by atoms with E-state index in [-0.39, 0.29) is 29.9 Å². The summed E-state index contributed by atoms with van der Waals surface area (Å²) >= 11 is 0. The summed E-state index contributed by atoms with van der Waals surface area (Å²) in [5, 5.41) is 9.41. The molecule has 1 fully saturated rings. The maximum absolute atomic E-state index is 11.9. The lowest BCUT2D eigenvalue weighted by Gasteiger charge is -2.13. The third kappa shape index (κ3) is 8.82. The van der Waals surface area contributed by atoms with Crippen LogP contribution in [0.15, 0.2) is 29.5 Å². The average Bonchev–Trinajstić information content (AvgIpc) is 3.17. The molecule has 0 spiro atoms. The molecule has 1 aliphatic carbocycles. The van der Waals surface area contributed by atoms with Crippen molar-refractivity contribution in [2.75, 3.05) is 26.7 Å². The van der Waals surface area contributed by atoms with Crippen molar-refractivity contribution < 1.29 is 4.79 Å². The van der Waals surface area contributed by atoms with Crippen molar-refractivity contribution in [2.45, 2.75) is 44.9 Å². The van der Waals surface area contributed by atoms with E-state index in [0.29, 0.717) is 18.7 Å². The van der Waals surface area contributed by atoms with E-state index in [9.17, 15) is 4.79 Å². The van der Waals surface area contributed by atoms with Crippen molar-refractivity contribution in [3.8, 4) is 0 Å². The van der Waals surface area contributed by atoms with Crippen molar-refractivity contribution in [1.82, 2.24) is 20.9 Å². The molecule has 26 heavy (non-hydrogen) atoms. The first kappa shape index (κ1) is 22.7. The Morgan fingerprint density at radius 2 is 1.88 bits per heavy atom. The Bertz CT molecular complexity index is 532. The van der Waals surface area contributed by atoms with Gasteiger partial charge in [0.2, 0.25) is 0 Å². The summed E-state index contributed by atoms with van der Waals surface area (Å²) in [6.07, 6.45) is 12.8. The van der Waals surface area contributed by atoms with Crippen molar-refractivity contribution >= 4 is 35.8 Å². The van der Waals surface area contributed by atoms with E-state index in [1.807, 2.05) is 0 Å². The topological polar surface area (TPSA) is 78.4 Å². The number of carbonyl (C=O) groups is 1. The van der Waals surface area contributed by atoms with Gasteiger partial charge >= 0.3 is 0 Å². The molecular formula is C19H32IN5O. The second-order valence-electron chi connectivity index (χ2n) is 6.57. The smallest absolute Gasteiger partial charge is 0.252 e. The molecule has 0 radical (unpaired) electrons. The predicted molar refractivity (Wildman–Crippen MR) is 117 cm³/mol. The van der Waals surface area contributed by atoms with Crippen LogP contribution in [0, 0.1) is 5.92 Å². The summed E-state index contributed by atoms with van der Waals surface area (Å²) in [4.78, 5) is 20.0. The number of pyridine rings is 1. The summed E-state index contributed by atoms with van der Waals surface area (Å²) in [7, 11) is 1.77. The van der Waals surface area contributed by atoms with E-state index in [2.05, 4.69) is 25.9 Å². The Morgan fingerprint density at radius 3 is 2.58 bits per heavy atom. The van der Waals surface area contributed by atoms with E-state index < -0.39 is 0 Å². The highest BCUT2D eigenvalue weighted by molar-refractivity contribution is 14.0. The zero-order valence-electron chi connectivity index (χ0n) is 15.7. The van der Waals surface area contributed by atoms with Gasteiger partial charge in [0.15, 0.2) is 5.96 Å². The highest BCUT2D eigenvalue weighted by Crippen LogP contribution is 2.28. The summed E-state index contributed by atoms with van der Waals surface area (Å²) in [5.74, 6) is 1.65. The molecule has 1 saturated carbocycles. The maximum Gasteiger partial charge on any atom is 0.252 e. The van der Waals surface area contributed by atoms with Gasteiger partial charge in [-0.25, -0.2) is 0 Å². The van der Waals surface area contributed by atoms with Gasteiger partial charge in [-0.05, 0) is 24.5 Å². The third-order valence-electron chi connectivity index (χ3n) is 4.66. The lowest BCUT2D eigenvalue weighted by atomic mass is 10.0. The number of hydrogen-bond acceptors (Lipinski definition) is 3. The standard InChI is InChI=1S/C19H31N5O.HI/c1-20-19(23-12-5-4-9-16-7-2-3-8-16)24-14-13-22-18(25)17-10-6-11-21-15-17;/h6,10-11,15-16H,2-5,7-9,12-14H2,1H3,(H,22,25)(H2,20,23,24);1H. The molecule has 0 unspecified atom stereocenters. The van der Waals surface area contributed by atoms with E-state index in [1.165, 1.54) is 44.9 Å². The maximum atomic E-state index is 11.9. The number of rotatable bonds is 9. The van der Waals surface area contributed by atoms with Gasteiger partial charge in [0.1, 0.15) is 0 Å². The Labute approximate surface area is 174 Å². The monoisotopic (exact) mass is 473 g/mol. The molecule has 1 aromatic rings. The lowest BCUT2D eigenvalue weighted by molar-refractivity contribution is 0.0954. The van der Waals surface area contributed by atoms with Gasteiger partial charge < -0.3 is 16.0 Å². The quantitative estimate of drug-likeness (QED) is 0.223. The van der Waals surface area contributed by atoms with Crippen LogP contribution in [0.5, 0.6) is 0 Å². The largest absolute Gasteiger partial charge is 0.356 e. The molecule has 0 atom stereocenters. The predicted octanol–water partition coefficient (Wildman–Crippen LogP) is 2.95. The Kier molecular flexibility index (Phi) is 12.0. The van der Waals surface area contributed by atoms with Gasteiger partial charge in [0.05, 0.1) is 5.56 Å². The summed E-state index contributed by atoms with van der Waals surface area (Å²) in [6.45, 7) is 2.11. The average molecular weight is 473 g/mol. The van der Waals surface area contributed by atoms with Crippen LogP contribution >= 0.6 is 24.0 Å². The normalized spacial score (nSPS) is 14.6. The van der Waals surface area contributed by atoms with Gasteiger partial charge in [-0.2, -0.15) is 0 Å². The van der Waals surface area contributed by atoms with Gasteiger partial charge in [-0.15, -0.1) is 24.0 Å². The van der Waals surface area contributed by atoms with Crippen molar-refractivity contribution in [1.29, 1.82) is 0 Å². The van der Waals surface area contributed by atoms with Crippen LogP contribution in [0.1, 0.15) is 55.3 Å². The zero-order chi connectivity index (χ0) is 17.7. The number of hydrogen-bond donors (Lipinski definition) is 3. The van der Waals surface area contributed by atoms with Crippen LogP contribution in [0.3, 0.4) is 0 Å². The van der Waals surface area contributed by atoms with E-state index in [0.717, 1.165) is 18.4 Å². The SMILES string of the molecule is CN=C(NCCCCC1CCCC1)NCCNC(=O)c1cccnc1.I. The second-order valence-corrected chi connectivity index (χ2v) is 6.57. The fourth-order valence-corrected chi connectivity index (χ4v) is 3.24. The molecule has 0 aliphatic heterocycles. The Morgan fingerprint density at radius 1 is 1.15 bits per heavy atom. The van der Waals surface area contributed by atoms with Crippen LogP contribution in [0.2, 0.25) is 0 Å². The van der Waals surface area contributed by atoms with Crippen molar-refractivity contribution in [3.05, 3.63) is 30.1 Å². The summed E-state index contributed by atoms with van der Waals surface area (Å²) in [5.41, 5.74) is 0.576. The van der Waals surface area contributed by atoms with Gasteiger partial charge in [-0.1, -0.05) is 38.5 Å². The number of guanidine groups is 1. The molecule has 1 aliphatic rings. The molecule has 1 heterocycles. The molecule has 6 nitrogen and oxygen atoms in total.